The second-order valence-corrected chi connectivity index (χ2v) is 5.79. The molecule has 0 aromatic heterocycles. The first-order chi connectivity index (χ1) is 12.9. The Morgan fingerprint density at radius 3 is 2.48 bits per heavy atom. The third-order valence-electron chi connectivity index (χ3n) is 3.86. The average Bonchev–Trinajstić information content (AvgIpc) is 2.69. The predicted octanol–water partition coefficient (Wildman–Crippen LogP) is 1.38. The number of hydrogen-bond donors (Lipinski definition) is 4. The fourth-order valence-electron chi connectivity index (χ4n) is 2.37. The van der Waals surface area contributed by atoms with E-state index in [4.69, 9.17) is 10.5 Å². The van der Waals surface area contributed by atoms with Gasteiger partial charge in [-0.2, -0.15) is 0 Å². The number of aliphatic hydroxyl groups is 2. The van der Waals surface area contributed by atoms with Crippen LogP contribution in [0.3, 0.4) is 0 Å². The maximum atomic E-state index is 11.7. The number of alkyl carbamates (subject to hydrolysis) is 1. The van der Waals surface area contributed by atoms with Crippen LogP contribution < -0.4 is 11.1 Å². The zero-order valence-electron chi connectivity index (χ0n) is 14.8. The van der Waals surface area contributed by atoms with E-state index in [2.05, 4.69) is 10.1 Å². The lowest BCUT2D eigenvalue weighted by molar-refractivity contribution is 0.0188. The molecule has 0 bridgehead atoms. The topological polar surface area (TPSA) is 131 Å². The van der Waals surface area contributed by atoms with E-state index in [9.17, 15) is 19.8 Å². The van der Waals surface area contributed by atoms with E-state index < -0.39 is 24.3 Å². The summed E-state index contributed by atoms with van der Waals surface area (Å²) in [6.07, 6.45) is -3.40. The van der Waals surface area contributed by atoms with Crippen LogP contribution in [0.1, 0.15) is 27.6 Å². The van der Waals surface area contributed by atoms with Gasteiger partial charge in [0, 0.05) is 17.8 Å². The molecule has 144 valence electrons. The van der Waals surface area contributed by atoms with E-state index in [0.717, 1.165) is 5.56 Å². The smallest absolute Gasteiger partial charge is 0.407 e. The van der Waals surface area contributed by atoms with Crippen molar-refractivity contribution in [2.45, 2.75) is 18.8 Å². The minimum atomic E-state index is -1.36. The number of hydrogen-bond acceptors (Lipinski definition) is 7. The van der Waals surface area contributed by atoms with Gasteiger partial charge in [0.05, 0.1) is 12.7 Å². The third kappa shape index (κ3) is 5.70. The van der Waals surface area contributed by atoms with Crippen molar-refractivity contribution in [2.75, 3.05) is 19.4 Å². The van der Waals surface area contributed by atoms with Crippen LogP contribution in [0, 0.1) is 0 Å². The number of aliphatic hydroxyl groups excluding tert-OH is 2. The summed E-state index contributed by atoms with van der Waals surface area (Å²) in [6.45, 7) is -0.153. The fraction of sp³-hybridized carbons (Fsp3) is 0.263. The molecule has 5 N–H and O–H groups in total. The van der Waals surface area contributed by atoms with Gasteiger partial charge in [-0.1, -0.05) is 36.4 Å². The van der Waals surface area contributed by atoms with Gasteiger partial charge in [0.25, 0.3) is 0 Å². The summed E-state index contributed by atoms with van der Waals surface area (Å²) >= 11 is 0. The number of esters is 1. The number of carbonyl (C=O) groups is 2. The molecule has 0 aliphatic heterocycles. The molecule has 1 amide bonds. The maximum Gasteiger partial charge on any atom is 0.407 e. The van der Waals surface area contributed by atoms with E-state index in [0.29, 0.717) is 0 Å². The molecule has 2 aromatic rings. The lowest BCUT2D eigenvalue weighted by Crippen LogP contribution is -2.36. The first-order valence-electron chi connectivity index (χ1n) is 8.20. The molecule has 8 nitrogen and oxygen atoms in total. The summed E-state index contributed by atoms with van der Waals surface area (Å²) in [4.78, 5) is 23.2. The minimum absolute atomic E-state index is 0.0905. The number of rotatable bonds is 7. The van der Waals surface area contributed by atoms with Crippen molar-refractivity contribution in [1.29, 1.82) is 0 Å². The second-order valence-electron chi connectivity index (χ2n) is 5.79. The lowest BCUT2D eigenvalue weighted by atomic mass is 10.0. The first-order valence-corrected chi connectivity index (χ1v) is 8.20. The number of nitrogens with two attached hydrogens (primary N) is 1. The Labute approximate surface area is 156 Å². The molecule has 0 aliphatic carbocycles. The Balaban J connectivity index is 1.87. The van der Waals surface area contributed by atoms with Crippen molar-refractivity contribution < 1.29 is 29.3 Å². The maximum absolute atomic E-state index is 11.7. The Bertz CT molecular complexity index is 781. The van der Waals surface area contributed by atoms with Gasteiger partial charge >= 0.3 is 12.1 Å². The van der Waals surface area contributed by atoms with E-state index >= 15 is 0 Å². The van der Waals surface area contributed by atoms with Crippen molar-refractivity contribution in [1.82, 2.24) is 5.32 Å². The minimum Gasteiger partial charge on any atom is -0.465 e. The molecule has 0 heterocycles. The predicted molar refractivity (Wildman–Crippen MR) is 97.8 cm³/mol. The number of amides is 1. The average molecular weight is 374 g/mol. The summed E-state index contributed by atoms with van der Waals surface area (Å²) in [7, 11) is 1.24. The van der Waals surface area contributed by atoms with E-state index in [1.165, 1.54) is 25.3 Å². The molecule has 0 saturated heterocycles. The summed E-state index contributed by atoms with van der Waals surface area (Å²) in [5.41, 5.74) is 7.23. The molecular formula is C19H22N2O6. The molecule has 2 atom stereocenters. The molecule has 0 saturated carbocycles. The molecule has 8 heteroatoms. The SMILES string of the molecule is COC(=O)c1ccc(C(O)C(O)CNC(=O)OCc2ccccc2)c(N)c1. The van der Waals surface area contributed by atoms with Crippen LogP contribution in [0.4, 0.5) is 10.5 Å². The molecular weight excluding hydrogens is 352 g/mol. The third-order valence-corrected chi connectivity index (χ3v) is 3.86. The van der Waals surface area contributed by atoms with Crippen LogP contribution in [0.15, 0.2) is 48.5 Å². The Kier molecular flexibility index (Phi) is 7.16. The molecule has 0 spiro atoms. The van der Waals surface area contributed by atoms with Crippen molar-refractivity contribution >= 4 is 17.7 Å². The van der Waals surface area contributed by atoms with Crippen LogP contribution in [-0.4, -0.2) is 42.0 Å². The highest BCUT2D eigenvalue weighted by molar-refractivity contribution is 5.90. The standard InChI is InChI=1S/C19H22N2O6/c1-26-18(24)13-7-8-14(15(20)9-13)17(23)16(22)10-21-19(25)27-11-12-5-3-2-4-6-12/h2-9,16-17,22-23H,10-11,20H2,1H3,(H,21,25). The van der Waals surface area contributed by atoms with Crippen molar-refractivity contribution in [3.05, 3.63) is 65.2 Å². The molecule has 2 aromatic carbocycles. The lowest BCUT2D eigenvalue weighted by Gasteiger charge is -2.20. The van der Waals surface area contributed by atoms with E-state index in [1.54, 1.807) is 0 Å². The van der Waals surface area contributed by atoms with Gasteiger partial charge in [-0.3, -0.25) is 0 Å². The Morgan fingerprint density at radius 2 is 1.85 bits per heavy atom. The van der Waals surface area contributed by atoms with Gasteiger partial charge in [-0.15, -0.1) is 0 Å². The molecule has 2 unspecified atom stereocenters. The van der Waals surface area contributed by atoms with Gasteiger partial charge in [0.2, 0.25) is 0 Å². The molecule has 0 aliphatic rings. The molecule has 0 fully saturated rings. The largest absolute Gasteiger partial charge is 0.465 e. The molecule has 27 heavy (non-hydrogen) atoms. The first kappa shape index (κ1) is 20.2. The highest BCUT2D eigenvalue weighted by Crippen LogP contribution is 2.24. The highest BCUT2D eigenvalue weighted by atomic mass is 16.5. The van der Waals surface area contributed by atoms with Gasteiger partial charge in [0.15, 0.2) is 0 Å². The number of carbonyl (C=O) groups excluding carboxylic acids is 2. The van der Waals surface area contributed by atoms with Crippen LogP contribution in [0.25, 0.3) is 0 Å². The van der Waals surface area contributed by atoms with Crippen LogP contribution in [-0.2, 0) is 16.1 Å². The van der Waals surface area contributed by atoms with E-state index in [-0.39, 0.29) is 30.0 Å². The van der Waals surface area contributed by atoms with Gasteiger partial charge in [-0.25, -0.2) is 9.59 Å². The Morgan fingerprint density at radius 1 is 1.15 bits per heavy atom. The second kappa shape index (κ2) is 9.56. The van der Waals surface area contributed by atoms with Gasteiger partial charge < -0.3 is 30.7 Å². The number of nitrogen functional groups attached to an aromatic ring is 1. The zero-order chi connectivity index (χ0) is 19.8. The summed E-state index contributed by atoms with van der Waals surface area (Å²) in [5, 5.41) is 22.7. The van der Waals surface area contributed by atoms with Gasteiger partial charge in [-0.05, 0) is 17.7 Å². The summed E-state index contributed by atoms with van der Waals surface area (Å²) < 4.78 is 9.61. The quantitative estimate of drug-likeness (QED) is 0.425. The summed E-state index contributed by atoms with van der Waals surface area (Å²) in [5.74, 6) is -0.564. The van der Waals surface area contributed by atoms with Crippen LogP contribution in [0.2, 0.25) is 0 Å². The number of methoxy groups -OCH3 is 1. The summed E-state index contributed by atoms with van der Waals surface area (Å²) in [6, 6.07) is 13.3. The monoisotopic (exact) mass is 374 g/mol. The van der Waals surface area contributed by atoms with Crippen LogP contribution in [0.5, 0.6) is 0 Å². The normalized spacial score (nSPS) is 12.7. The molecule has 0 radical (unpaired) electrons. The van der Waals surface area contributed by atoms with Crippen molar-refractivity contribution in [3.8, 4) is 0 Å². The fourth-order valence-corrected chi connectivity index (χ4v) is 2.37. The molecule has 2 rings (SSSR count). The zero-order valence-corrected chi connectivity index (χ0v) is 14.8. The Hall–Kier alpha value is -3.10. The number of anilines is 1. The number of ether oxygens (including phenoxy) is 2. The van der Waals surface area contributed by atoms with Gasteiger partial charge in [0.1, 0.15) is 18.8 Å². The highest BCUT2D eigenvalue weighted by Gasteiger charge is 2.22. The van der Waals surface area contributed by atoms with Crippen molar-refractivity contribution in [3.63, 3.8) is 0 Å². The number of benzene rings is 2. The number of nitrogens with one attached hydrogen (secondary N) is 1. The van der Waals surface area contributed by atoms with Crippen molar-refractivity contribution in [2.24, 2.45) is 0 Å². The van der Waals surface area contributed by atoms with E-state index in [1.807, 2.05) is 30.3 Å². The van der Waals surface area contributed by atoms with Crippen LogP contribution >= 0.6 is 0 Å².